The van der Waals surface area contributed by atoms with Crippen molar-refractivity contribution in [1.82, 2.24) is 0 Å². The van der Waals surface area contributed by atoms with Crippen LogP contribution in [0.25, 0.3) is 0 Å². The highest BCUT2D eigenvalue weighted by Gasteiger charge is 2.42. The van der Waals surface area contributed by atoms with Crippen LogP contribution >= 0.6 is 0 Å². The second-order valence-electron chi connectivity index (χ2n) is 9.72. The molecule has 0 N–H and O–H groups in total. The fourth-order valence-electron chi connectivity index (χ4n) is 6.07. The minimum Gasteiger partial charge on any atom is -0.0651 e. The van der Waals surface area contributed by atoms with Gasteiger partial charge in [0.15, 0.2) is 0 Å². The molecule has 0 amide bonds. The van der Waals surface area contributed by atoms with E-state index in [1.165, 1.54) is 70.6 Å². The van der Waals surface area contributed by atoms with Crippen LogP contribution in [0.15, 0.2) is 30.3 Å². The number of hydrogen-bond donors (Lipinski definition) is 0. The van der Waals surface area contributed by atoms with Gasteiger partial charge in [-0.15, -0.1) is 0 Å². The first-order chi connectivity index (χ1) is 12.1. The minimum atomic E-state index is 0.605. The third-order valence-electron chi connectivity index (χ3n) is 7.59. The Balaban J connectivity index is 1.71. The van der Waals surface area contributed by atoms with Gasteiger partial charge in [-0.2, -0.15) is 0 Å². The van der Waals surface area contributed by atoms with E-state index in [-0.39, 0.29) is 0 Å². The molecule has 0 spiro atoms. The van der Waals surface area contributed by atoms with E-state index < -0.39 is 0 Å². The Morgan fingerprint density at radius 1 is 0.880 bits per heavy atom. The summed E-state index contributed by atoms with van der Waals surface area (Å²) in [6, 6.07) is 11.4. The predicted molar refractivity (Wildman–Crippen MR) is 110 cm³/mol. The number of hydrogen-bond acceptors (Lipinski definition) is 0. The van der Waals surface area contributed by atoms with Crippen molar-refractivity contribution in [3.05, 3.63) is 35.9 Å². The monoisotopic (exact) mass is 340 g/mol. The highest BCUT2D eigenvalue weighted by molar-refractivity contribution is 5.17. The lowest BCUT2D eigenvalue weighted by atomic mass is 9.56. The Kier molecular flexibility index (Phi) is 6.64. The molecule has 0 saturated heterocycles. The predicted octanol–water partition coefficient (Wildman–Crippen LogP) is 7.67. The van der Waals surface area contributed by atoms with Crippen molar-refractivity contribution in [2.75, 3.05) is 0 Å². The van der Waals surface area contributed by atoms with Crippen molar-refractivity contribution in [3.63, 3.8) is 0 Å². The average Bonchev–Trinajstić information content (AvgIpc) is 2.64. The molecule has 140 valence electrons. The van der Waals surface area contributed by atoms with E-state index in [1.54, 1.807) is 5.56 Å². The highest BCUT2D eigenvalue weighted by atomic mass is 14.5. The Bertz CT molecular complexity index is 484. The van der Waals surface area contributed by atoms with Crippen LogP contribution in [0.4, 0.5) is 0 Å². The van der Waals surface area contributed by atoms with E-state index in [0.717, 1.165) is 23.7 Å². The van der Waals surface area contributed by atoms with E-state index in [4.69, 9.17) is 0 Å². The molecule has 0 heterocycles. The summed E-state index contributed by atoms with van der Waals surface area (Å²) in [4.78, 5) is 0. The summed E-state index contributed by atoms with van der Waals surface area (Å²) >= 11 is 0. The van der Waals surface area contributed by atoms with Crippen molar-refractivity contribution >= 4 is 0 Å². The van der Waals surface area contributed by atoms with Crippen molar-refractivity contribution in [2.24, 2.45) is 29.1 Å². The smallest absolute Gasteiger partial charge is 0.0219 e. The van der Waals surface area contributed by atoms with Crippen LogP contribution in [0, 0.1) is 29.1 Å². The van der Waals surface area contributed by atoms with Crippen LogP contribution in [-0.2, 0) is 6.42 Å². The van der Waals surface area contributed by atoms with Crippen LogP contribution in [0.5, 0.6) is 0 Å². The molecule has 1 aromatic carbocycles. The lowest BCUT2D eigenvalue weighted by Crippen LogP contribution is -2.39. The topological polar surface area (TPSA) is 0 Å². The molecule has 0 radical (unpaired) electrons. The summed E-state index contributed by atoms with van der Waals surface area (Å²) in [7, 11) is 0. The lowest BCUT2D eigenvalue weighted by Gasteiger charge is -2.48. The summed E-state index contributed by atoms with van der Waals surface area (Å²) in [5, 5.41) is 0. The van der Waals surface area contributed by atoms with Gasteiger partial charge in [-0.3, -0.25) is 0 Å². The normalized spacial score (nSPS) is 33.5. The zero-order valence-corrected chi connectivity index (χ0v) is 17.0. The summed E-state index contributed by atoms with van der Waals surface area (Å²) < 4.78 is 0. The third-order valence-corrected chi connectivity index (χ3v) is 7.59. The SMILES string of the molecule is CCC1CCC(C2(Cc3ccccc3)CCC(CC(C)C)CC2)CC1. The van der Waals surface area contributed by atoms with Crippen molar-refractivity contribution in [2.45, 2.75) is 91.4 Å². The molecule has 2 fully saturated rings. The highest BCUT2D eigenvalue weighted by Crippen LogP contribution is 2.53. The molecule has 0 aliphatic heterocycles. The van der Waals surface area contributed by atoms with Gasteiger partial charge in [-0.1, -0.05) is 70.4 Å². The summed E-state index contributed by atoms with van der Waals surface area (Å²) in [5.41, 5.74) is 2.19. The van der Waals surface area contributed by atoms with E-state index >= 15 is 0 Å². The molecule has 0 atom stereocenters. The minimum absolute atomic E-state index is 0.605. The van der Waals surface area contributed by atoms with Gasteiger partial charge < -0.3 is 0 Å². The van der Waals surface area contributed by atoms with Gasteiger partial charge in [0.25, 0.3) is 0 Å². The van der Waals surface area contributed by atoms with Gasteiger partial charge in [-0.25, -0.2) is 0 Å². The van der Waals surface area contributed by atoms with E-state index in [2.05, 4.69) is 51.1 Å². The Labute approximate surface area is 156 Å². The lowest BCUT2D eigenvalue weighted by molar-refractivity contribution is 0.0346. The van der Waals surface area contributed by atoms with Crippen LogP contribution in [0.2, 0.25) is 0 Å². The maximum atomic E-state index is 2.40. The molecular formula is C25H40. The molecule has 2 aliphatic carbocycles. The second-order valence-corrected chi connectivity index (χ2v) is 9.72. The average molecular weight is 341 g/mol. The zero-order chi connectivity index (χ0) is 17.7. The molecule has 3 rings (SSSR count). The molecule has 2 aliphatic rings. The largest absolute Gasteiger partial charge is 0.0651 e. The van der Waals surface area contributed by atoms with E-state index in [1.807, 2.05) is 0 Å². The number of rotatable bonds is 6. The molecule has 25 heavy (non-hydrogen) atoms. The van der Waals surface area contributed by atoms with E-state index in [9.17, 15) is 0 Å². The van der Waals surface area contributed by atoms with Crippen molar-refractivity contribution < 1.29 is 0 Å². The molecule has 0 bridgehead atoms. The molecule has 2 saturated carbocycles. The maximum Gasteiger partial charge on any atom is -0.0219 e. The van der Waals surface area contributed by atoms with Crippen LogP contribution in [-0.4, -0.2) is 0 Å². The van der Waals surface area contributed by atoms with Crippen LogP contribution in [0.3, 0.4) is 0 Å². The molecule has 0 nitrogen and oxygen atoms in total. The summed E-state index contributed by atoms with van der Waals surface area (Å²) in [6.45, 7) is 7.19. The Morgan fingerprint density at radius 2 is 1.52 bits per heavy atom. The second kappa shape index (κ2) is 8.74. The molecule has 1 aromatic rings. The van der Waals surface area contributed by atoms with Crippen LogP contribution < -0.4 is 0 Å². The van der Waals surface area contributed by atoms with Crippen molar-refractivity contribution in [3.8, 4) is 0 Å². The fraction of sp³-hybridized carbons (Fsp3) is 0.760. The zero-order valence-electron chi connectivity index (χ0n) is 17.0. The summed E-state index contributed by atoms with van der Waals surface area (Å²) in [6.07, 6.45) is 16.1. The van der Waals surface area contributed by atoms with Gasteiger partial charge in [0, 0.05) is 0 Å². The fourth-order valence-corrected chi connectivity index (χ4v) is 6.07. The molecule has 0 aromatic heterocycles. The van der Waals surface area contributed by atoms with Gasteiger partial charge in [-0.05, 0) is 86.0 Å². The van der Waals surface area contributed by atoms with Gasteiger partial charge >= 0.3 is 0 Å². The standard InChI is InChI=1S/C25H40/c1-4-21-10-12-24(13-11-21)25(19-23-8-6-5-7-9-23)16-14-22(15-17-25)18-20(2)3/h5-9,20-22,24H,4,10-19H2,1-3H3. The van der Waals surface area contributed by atoms with Crippen molar-refractivity contribution in [1.29, 1.82) is 0 Å². The maximum absolute atomic E-state index is 2.40. The summed E-state index contributed by atoms with van der Waals surface area (Å²) in [5.74, 6) is 3.86. The van der Waals surface area contributed by atoms with Gasteiger partial charge in [0.2, 0.25) is 0 Å². The third kappa shape index (κ3) is 4.89. The molecular weight excluding hydrogens is 300 g/mol. The molecule has 0 unspecified atom stereocenters. The Morgan fingerprint density at radius 3 is 2.08 bits per heavy atom. The Hall–Kier alpha value is -0.780. The van der Waals surface area contributed by atoms with Gasteiger partial charge in [0.05, 0.1) is 0 Å². The molecule has 0 heteroatoms. The first-order valence-corrected chi connectivity index (χ1v) is 11.1. The van der Waals surface area contributed by atoms with Crippen LogP contribution in [0.1, 0.15) is 90.5 Å². The van der Waals surface area contributed by atoms with E-state index in [0.29, 0.717) is 5.41 Å². The first-order valence-electron chi connectivity index (χ1n) is 11.1. The first kappa shape index (κ1) is 19.0. The van der Waals surface area contributed by atoms with Gasteiger partial charge in [0.1, 0.15) is 0 Å². The quantitative estimate of drug-likeness (QED) is 0.498. The number of benzene rings is 1.